The summed E-state index contributed by atoms with van der Waals surface area (Å²) in [4.78, 5) is 21.0. The number of hydrogen-bond acceptors (Lipinski definition) is 4. The molecule has 102 valence electrons. The zero-order valence-electron chi connectivity index (χ0n) is 10.3. The summed E-state index contributed by atoms with van der Waals surface area (Å²) in [5.41, 5.74) is -1.90. The first-order valence-corrected chi connectivity index (χ1v) is 6.29. The van der Waals surface area contributed by atoms with Gasteiger partial charge in [0, 0.05) is 19.0 Å². The summed E-state index contributed by atoms with van der Waals surface area (Å²) in [6, 6.07) is 0.135. The monoisotopic (exact) mass is 268 g/mol. The van der Waals surface area contributed by atoms with Gasteiger partial charge in [0.25, 0.3) is 5.91 Å². The molecule has 1 saturated heterocycles. The lowest BCUT2D eigenvalue weighted by atomic mass is 10.1. The lowest BCUT2D eigenvalue weighted by Gasteiger charge is -2.20. The van der Waals surface area contributed by atoms with E-state index in [0.29, 0.717) is 6.54 Å². The van der Waals surface area contributed by atoms with Gasteiger partial charge >= 0.3 is 0 Å². The smallest absolute Gasteiger partial charge is 0.259 e. The van der Waals surface area contributed by atoms with Crippen LogP contribution in [0.4, 0.5) is 14.7 Å². The average molecular weight is 268 g/mol. The van der Waals surface area contributed by atoms with Crippen molar-refractivity contribution in [1.82, 2.24) is 15.3 Å². The van der Waals surface area contributed by atoms with Crippen molar-refractivity contribution in [1.29, 1.82) is 0 Å². The Morgan fingerprint density at radius 3 is 2.74 bits per heavy atom. The molecule has 1 aliphatic carbocycles. The molecule has 0 radical (unpaired) electrons. The molecule has 2 fully saturated rings. The molecule has 7 heteroatoms. The Morgan fingerprint density at radius 2 is 2.11 bits per heavy atom. The van der Waals surface area contributed by atoms with E-state index in [0.717, 1.165) is 25.2 Å². The SMILES string of the molecule is O=C(NC1CC1)C1(F)CCN(c2ncc(F)cn2)C1. The number of alkyl halides is 1. The Morgan fingerprint density at radius 1 is 1.42 bits per heavy atom. The second-order valence-corrected chi connectivity index (χ2v) is 5.09. The number of aromatic nitrogens is 2. The first-order chi connectivity index (χ1) is 9.07. The van der Waals surface area contributed by atoms with Gasteiger partial charge < -0.3 is 10.2 Å². The fourth-order valence-corrected chi connectivity index (χ4v) is 2.14. The number of nitrogens with one attached hydrogen (secondary N) is 1. The molecule has 2 heterocycles. The van der Waals surface area contributed by atoms with Gasteiger partial charge in [0.15, 0.2) is 5.82 Å². The van der Waals surface area contributed by atoms with Crippen LogP contribution in [0, 0.1) is 5.82 Å². The Bertz CT molecular complexity index is 491. The van der Waals surface area contributed by atoms with Crippen LogP contribution < -0.4 is 10.2 Å². The first kappa shape index (κ1) is 12.3. The van der Waals surface area contributed by atoms with Crippen molar-refractivity contribution < 1.29 is 13.6 Å². The van der Waals surface area contributed by atoms with Gasteiger partial charge in [0.2, 0.25) is 11.6 Å². The third-order valence-corrected chi connectivity index (χ3v) is 3.43. The van der Waals surface area contributed by atoms with Gasteiger partial charge in [-0.15, -0.1) is 0 Å². The van der Waals surface area contributed by atoms with E-state index >= 15 is 0 Å². The first-order valence-electron chi connectivity index (χ1n) is 6.29. The zero-order valence-corrected chi connectivity index (χ0v) is 10.3. The number of hydrogen-bond donors (Lipinski definition) is 1. The van der Waals surface area contributed by atoms with E-state index in [1.807, 2.05) is 0 Å². The topological polar surface area (TPSA) is 58.1 Å². The van der Waals surface area contributed by atoms with E-state index in [-0.39, 0.29) is 25.0 Å². The van der Waals surface area contributed by atoms with E-state index in [1.54, 1.807) is 4.90 Å². The predicted molar refractivity (Wildman–Crippen MR) is 63.8 cm³/mol. The molecule has 1 aromatic heterocycles. The normalized spacial score (nSPS) is 26.5. The van der Waals surface area contributed by atoms with Crippen LogP contribution in [0.25, 0.3) is 0 Å². The Balaban J connectivity index is 1.68. The van der Waals surface area contributed by atoms with Crippen LogP contribution in [-0.2, 0) is 4.79 Å². The highest BCUT2D eigenvalue weighted by Crippen LogP contribution is 2.30. The molecule has 0 spiro atoms. The number of amides is 1. The van der Waals surface area contributed by atoms with Crippen LogP contribution in [-0.4, -0.2) is 40.7 Å². The molecule has 1 N–H and O–H groups in total. The summed E-state index contributed by atoms with van der Waals surface area (Å²) in [6.45, 7) is 0.261. The third kappa shape index (κ3) is 2.50. The largest absolute Gasteiger partial charge is 0.351 e. The van der Waals surface area contributed by atoms with Crippen LogP contribution in [0.15, 0.2) is 12.4 Å². The predicted octanol–water partition coefficient (Wildman–Crippen LogP) is 0.813. The second-order valence-electron chi connectivity index (χ2n) is 5.09. The zero-order chi connectivity index (χ0) is 13.5. The minimum Gasteiger partial charge on any atom is -0.351 e. The molecule has 1 aromatic rings. The number of anilines is 1. The lowest BCUT2D eigenvalue weighted by molar-refractivity contribution is -0.131. The van der Waals surface area contributed by atoms with Crippen LogP contribution in [0.2, 0.25) is 0 Å². The molecule has 0 aromatic carbocycles. The van der Waals surface area contributed by atoms with Crippen LogP contribution in [0.5, 0.6) is 0 Å². The van der Waals surface area contributed by atoms with Gasteiger partial charge in [-0.05, 0) is 12.8 Å². The molecule has 5 nitrogen and oxygen atoms in total. The van der Waals surface area contributed by atoms with Crippen LogP contribution in [0.3, 0.4) is 0 Å². The molecule has 1 saturated carbocycles. The maximum absolute atomic E-state index is 14.5. The summed E-state index contributed by atoms with van der Waals surface area (Å²) in [7, 11) is 0. The number of carbonyl (C=O) groups excluding carboxylic acids is 1. The lowest BCUT2D eigenvalue weighted by Crippen LogP contribution is -2.46. The highest BCUT2D eigenvalue weighted by molar-refractivity contribution is 5.87. The van der Waals surface area contributed by atoms with Gasteiger partial charge in [0.05, 0.1) is 18.9 Å². The molecule has 19 heavy (non-hydrogen) atoms. The Labute approximate surface area is 109 Å². The van der Waals surface area contributed by atoms with E-state index in [9.17, 15) is 13.6 Å². The van der Waals surface area contributed by atoms with Crippen molar-refractivity contribution in [3.8, 4) is 0 Å². The minimum atomic E-state index is -1.90. The molecule has 1 amide bonds. The molecule has 1 aliphatic heterocycles. The standard InChI is InChI=1S/C12H14F2N4O/c13-8-5-15-11(16-6-8)18-4-3-12(14,7-18)10(19)17-9-1-2-9/h5-6,9H,1-4,7H2,(H,17,19). The summed E-state index contributed by atoms with van der Waals surface area (Å²) in [5, 5.41) is 2.68. The molecule has 1 unspecified atom stereocenters. The van der Waals surface area contributed by atoms with Crippen molar-refractivity contribution >= 4 is 11.9 Å². The number of carbonyl (C=O) groups is 1. The second kappa shape index (κ2) is 4.40. The van der Waals surface area contributed by atoms with Crippen molar-refractivity contribution in [3.05, 3.63) is 18.2 Å². The summed E-state index contributed by atoms with van der Waals surface area (Å²) < 4.78 is 27.2. The van der Waals surface area contributed by atoms with Crippen LogP contribution >= 0.6 is 0 Å². The molecule has 0 bridgehead atoms. The van der Waals surface area contributed by atoms with Crippen molar-refractivity contribution in [3.63, 3.8) is 0 Å². The van der Waals surface area contributed by atoms with E-state index < -0.39 is 17.4 Å². The van der Waals surface area contributed by atoms with Crippen molar-refractivity contribution in [2.75, 3.05) is 18.0 Å². The van der Waals surface area contributed by atoms with Gasteiger partial charge in [-0.25, -0.2) is 18.7 Å². The maximum atomic E-state index is 14.5. The quantitative estimate of drug-likeness (QED) is 0.881. The molecule has 1 atom stereocenters. The molecular weight excluding hydrogens is 254 g/mol. The van der Waals surface area contributed by atoms with E-state index in [4.69, 9.17) is 0 Å². The number of halogens is 2. The highest BCUT2D eigenvalue weighted by Gasteiger charge is 2.47. The maximum Gasteiger partial charge on any atom is 0.259 e. The summed E-state index contributed by atoms with van der Waals surface area (Å²) in [6.07, 6.45) is 4.02. The number of rotatable bonds is 3. The average Bonchev–Trinajstić information content (AvgIpc) is 3.11. The van der Waals surface area contributed by atoms with Crippen molar-refractivity contribution in [2.24, 2.45) is 0 Å². The van der Waals surface area contributed by atoms with Crippen LogP contribution in [0.1, 0.15) is 19.3 Å². The Kier molecular flexibility index (Phi) is 2.83. The van der Waals surface area contributed by atoms with E-state index in [1.165, 1.54) is 0 Å². The third-order valence-electron chi connectivity index (χ3n) is 3.43. The number of nitrogens with zero attached hydrogens (tertiary/aromatic N) is 3. The molecule has 2 aliphatic rings. The summed E-state index contributed by atoms with van der Waals surface area (Å²) in [5.74, 6) is -0.847. The Hall–Kier alpha value is -1.79. The highest BCUT2D eigenvalue weighted by atomic mass is 19.1. The van der Waals surface area contributed by atoms with E-state index in [2.05, 4.69) is 15.3 Å². The molecule has 3 rings (SSSR count). The van der Waals surface area contributed by atoms with Gasteiger partial charge in [-0.1, -0.05) is 0 Å². The molecular formula is C12H14F2N4O. The minimum absolute atomic E-state index is 0.0861. The van der Waals surface area contributed by atoms with Gasteiger partial charge in [-0.3, -0.25) is 4.79 Å². The van der Waals surface area contributed by atoms with Crippen molar-refractivity contribution in [2.45, 2.75) is 31.0 Å². The fraction of sp³-hybridized carbons (Fsp3) is 0.583. The summed E-state index contributed by atoms with van der Waals surface area (Å²) >= 11 is 0. The van der Waals surface area contributed by atoms with Gasteiger partial charge in [0.1, 0.15) is 0 Å². The fourth-order valence-electron chi connectivity index (χ4n) is 2.14. The van der Waals surface area contributed by atoms with Gasteiger partial charge in [-0.2, -0.15) is 0 Å².